The molecule has 0 spiro atoms. The van der Waals surface area contributed by atoms with E-state index in [0.29, 0.717) is 19.3 Å². The van der Waals surface area contributed by atoms with Gasteiger partial charge in [-0.2, -0.15) is 0 Å². The number of carbonyl (C=O) groups excluding carboxylic acids is 1. The number of allylic oxidation sites excluding steroid dienone is 1. The highest BCUT2D eigenvalue weighted by Crippen LogP contribution is 2.74. The fourth-order valence-electron chi connectivity index (χ4n) is 13.8. The summed E-state index contributed by atoms with van der Waals surface area (Å²) in [6.07, 6.45) is -19.3. The van der Waals surface area contributed by atoms with E-state index in [4.69, 9.17) is 28.4 Å². The predicted molar refractivity (Wildman–Crippen MR) is 234 cm³/mol. The first-order chi connectivity index (χ1) is 31.2. The monoisotopic (exact) mass is 961 g/mol. The van der Waals surface area contributed by atoms with E-state index >= 15 is 0 Å². The largest absolute Gasteiger partial charge is 0.394 e. The minimum atomic E-state index is -1.91. The molecule has 386 valence electrons. The summed E-state index contributed by atoms with van der Waals surface area (Å²) in [7, 11) is 0. The third kappa shape index (κ3) is 9.15. The van der Waals surface area contributed by atoms with E-state index in [-0.39, 0.29) is 46.7 Å². The summed E-state index contributed by atoms with van der Waals surface area (Å²) in [6, 6.07) is 0. The van der Waals surface area contributed by atoms with Gasteiger partial charge in [-0.15, -0.1) is 0 Å². The van der Waals surface area contributed by atoms with E-state index in [1.54, 1.807) is 0 Å². The van der Waals surface area contributed by atoms with Gasteiger partial charge in [0.05, 0.1) is 37.6 Å². The van der Waals surface area contributed by atoms with E-state index in [2.05, 4.69) is 47.6 Å². The summed E-state index contributed by atoms with van der Waals surface area (Å²) < 4.78 is 35.4. The summed E-state index contributed by atoms with van der Waals surface area (Å²) in [5.74, 6) is 0.657. The van der Waals surface area contributed by atoms with Crippen LogP contribution in [0.5, 0.6) is 0 Å². The van der Waals surface area contributed by atoms with Gasteiger partial charge in [0.25, 0.3) is 0 Å². The van der Waals surface area contributed by atoms with Crippen LogP contribution in [0.2, 0.25) is 0 Å². The van der Waals surface area contributed by atoms with Crippen LogP contribution >= 0.6 is 0 Å². The van der Waals surface area contributed by atoms with E-state index in [0.717, 1.165) is 25.7 Å². The highest BCUT2D eigenvalue weighted by atomic mass is 16.8. The number of hydrogen-bond acceptors (Lipinski definition) is 19. The quantitative estimate of drug-likeness (QED) is 0.0944. The lowest BCUT2D eigenvalue weighted by atomic mass is 9.38. The lowest BCUT2D eigenvalue weighted by Crippen LogP contribution is -2.65. The molecule has 6 fully saturated rings. The van der Waals surface area contributed by atoms with Gasteiger partial charge in [0, 0.05) is 17.3 Å². The smallest absolute Gasteiger partial charge is 0.187 e. The van der Waals surface area contributed by atoms with Crippen LogP contribution in [0.25, 0.3) is 0 Å². The minimum Gasteiger partial charge on any atom is -0.394 e. The number of fused-ring (bicyclic) bond motifs is 5. The normalized spacial score (nSPS) is 49.9. The summed E-state index contributed by atoms with van der Waals surface area (Å²) in [5.41, 5.74) is -1.79. The molecule has 7 rings (SSSR count). The van der Waals surface area contributed by atoms with E-state index in [1.807, 2.05) is 0 Å². The van der Waals surface area contributed by atoms with Crippen molar-refractivity contribution in [3.63, 3.8) is 0 Å². The first-order valence-electron chi connectivity index (χ1n) is 24.4. The van der Waals surface area contributed by atoms with Gasteiger partial charge in [0.2, 0.25) is 0 Å². The molecular formula is C48H80O19. The molecule has 3 saturated carbocycles. The molecule has 0 aromatic carbocycles. The van der Waals surface area contributed by atoms with Crippen LogP contribution in [0.4, 0.5) is 0 Å². The predicted octanol–water partition coefficient (Wildman–Crippen LogP) is -0.848. The van der Waals surface area contributed by atoms with Gasteiger partial charge < -0.3 is 89.7 Å². The molecule has 19 nitrogen and oxygen atoms in total. The minimum absolute atomic E-state index is 0.0384. The lowest BCUT2D eigenvalue weighted by Gasteiger charge is -2.64. The van der Waals surface area contributed by atoms with Crippen LogP contribution in [0, 0.1) is 45.3 Å². The van der Waals surface area contributed by atoms with Crippen molar-refractivity contribution in [3.8, 4) is 0 Å². The zero-order chi connectivity index (χ0) is 49.5. The summed E-state index contributed by atoms with van der Waals surface area (Å²) in [5, 5.41) is 128. The highest BCUT2D eigenvalue weighted by Gasteiger charge is 2.70. The second-order valence-corrected chi connectivity index (χ2v) is 22.9. The van der Waals surface area contributed by atoms with E-state index in [9.17, 15) is 66.1 Å². The average molecular weight is 961 g/mol. The maximum atomic E-state index is 14.8. The second kappa shape index (κ2) is 19.6. The van der Waals surface area contributed by atoms with Crippen molar-refractivity contribution in [1.82, 2.24) is 0 Å². The van der Waals surface area contributed by atoms with Gasteiger partial charge in [-0.25, -0.2) is 0 Å². The third-order valence-electron chi connectivity index (χ3n) is 18.4. The second-order valence-electron chi connectivity index (χ2n) is 22.9. The molecule has 4 unspecified atom stereocenters. The summed E-state index contributed by atoms with van der Waals surface area (Å²) in [6.45, 7) is 14.1. The first kappa shape index (κ1) is 53.5. The van der Waals surface area contributed by atoms with Gasteiger partial charge in [0.1, 0.15) is 79.0 Å². The fraction of sp³-hybridized carbons (Fsp3) is 0.938. The Kier molecular flexibility index (Phi) is 15.7. The van der Waals surface area contributed by atoms with Crippen LogP contribution in [0.1, 0.15) is 107 Å². The van der Waals surface area contributed by atoms with Gasteiger partial charge in [-0.3, -0.25) is 4.79 Å². The molecule has 4 aliphatic carbocycles. The molecule has 67 heavy (non-hydrogen) atoms. The van der Waals surface area contributed by atoms with Gasteiger partial charge in [-0.1, -0.05) is 53.2 Å². The molecule has 0 amide bonds. The Balaban J connectivity index is 1.10. The molecule has 0 bridgehead atoms. The molecule has 7 aliphatic rings. The maximum absolute atomic E-state index is 14.8. The van der Waals surface area contributed by atoms with E-state index in [1.165, 1.54) is 19.4 Å². The molecule has 19 heteroatoms. The zero-order valence-corrected chi connectivity index (χ0v) is 40.2. The van der Waals surface area contributed by atoms with Crippen molar-refractivity contribution in [3.05, 3.63) is 11.6 Å². The van der Waals surface area contributed by atoms with Gasteiger partial charge in [-0.05, 0) is 93.3 Å². The van der Waals surface area contributed by atoms with E-state index < -0.39 is 141 Å². The number of Topliss-reactive ketones (excluding diaryl/α,β-unsaturated/α-hetero) is 1. The van der Waals surface area contributed by atoms with Crippen molar-refractivity contribution in [2.75, 3.05) is 19.8 Å². The van der Waals surface area contributed by atoms with Gasteiger partial charge >= 0.3 is 0 Å². The Morgan fingerprint density at radius 2 is 1.28 bits per heavy atom. The van der Waals surface area contributed by atoms with Crippen LogP contribution in [-0.2, 0) is 33.2 Å². The Morgan fingerprint density at radius 3 is 1.88 bits per heavy atom. The average Bonchev–Trinajstić information content (AvgIpc) is 3.54. The van der Waals surface area contributed by atoms with Crippen LogP contribution in [0.3, 0.4) is 0 Å². The Labute approximate surface area is 393 Å². The Morgan fingerprint density at radius 1 is 0.716 bits per heavy atom. The third-order valence-corrected chi connectivity index (χ3v) is 18.4. The topological polar surface area (TPSA) is 315 Å². The molecule has 3 heterocycles. The fourth-order valence-corrected chi connectivity index (χ4v) is 13.8. The molecule has 12 N–H and O–H groups in total. The van der Waals surface area contributed by atoms with Crippen molar-refractivity contribution in [1.29, 1.82) is 0 Å². The number of ketones is 1. The van der Waals surface area contributed by atoms with Crippen molar-refractivity contribution in [2.45, 2.75) is 217 Å². The summed E-state index contributed by atoms with van der Waals surface area (Å²) in [4.78, 5) is 14.8. The molecule has 0 radical (unpaired) electrons. The van der Waals surface area contributed by atoms with Crippen LogP contribution in [0.15, 0.2) is 11.6 Å². The standard InChI is InChI=1S/C48H80O19/c1-21(22-15-16-46(6)28-12-10-23-24(11-13-29(51)44(23,2)3)48(28,8)30(52)17-47(22,46)7)9-14-31(45(4,5)61)66-43-40(67-42-39(60)36(57)33(54)26(19-50)64-42)37(58)34(55)27(65-43)20-62-41-38(59)35(56)32(53)25(18-49)63-41/h10,21-22,24-29,31-43,49-51,53-61H,9,11-20H2,1-8H3/t21?,22?,24?,25-,26+,27+,28?,29+,31-,32-,33+,34+,35+,36-,37-,38-,39+,40+,41-,42-,43-,46+,47-,48+/m0/s1. The summed E-state index contributed by atoms with van der Waals surface area (Å²) >= 11 is 0. The number of aliphatic hydroxyl groups is 12. The lowest BCUT2D eigenvalue weighted by molar-refractivity contribution is -0.380. The van der Waals surface area contributed by atoms with Crippen molar-refractivity contribution >= 4 is 5.78 Å². The van der Waals surface area contributed by atoms with Gasteiger partial charge in [0.15, 0.2) is 18.9 Å². The SMILES string of the molecule is CC(CC[C@H](O[C@@H]1O[C@H](CO[C@H]2O[C@@H](CO)[C@H](O)[C@@H](O)[C@@H]2O)[C@@H](O)[C@H](O)[C@H]1O[C@@H]1O[C@H](CO)[C@@H](O)[C@H](O)[C@H]1O)C(C)(C)O)C1CC[C@]2(C)C3CC=C4C(CC[C@@H](O)C4(C)C)[C@@]3(C)C(=O)C[C@@]12C. The number of rotatable bonds is 14. The number of carbonyl (C=O) groups is 1. The first-order valence-corrected chi connectivity index (χ1v) is 24.4. The molecule has 24 atom stereocenters. The highest BCUT2D eigenvalue weighted by molar-refractivity contribution is 5.88. The number of ether oxygens (including phenoxy) is 6. The van der Waals surface area contributed by atoms with Crippen molar-refractivity contribution in [2.24, 2.45) is 45.3 Å². The Hall–Kier alpha value is -1.31. The number of hydrogen-bond donors (Lipinski definition) is 12. The molecule has 3 aliphatic heterocycles. The van der Waals surface area contributed by atoms with Crippen LogP contribution in [-0.4, -0.2) is 197 Å². The molecular weight excluding hydrogens is 881 g/mol. The molecule has 3 saturated heterocycles. The molecule has 0 aromatic rings. The zero-order valence-electron chi connectivity index (χ0n) is 40.2. The Bertz CT molecular complexity index is 1750. The molecule has 0 aromatic heterocycles. The van der Waals surface area contributed by atoms with Crippen molar-refractivity contribution < 1.29 is 94.5 Å². The maximum Gasteiger partial charge on any atom is 0.187 e. The van der Waals surface area contributed by atoms with Crippen LogP contribution < -0.4 is 0 Å². The number of aliphatic hydroxyl groups excluding tert-OH is 11.